The van der Waals surface area contributed by atoms with Crippen LogP contribution in [0.25, 0.3) is 0 Å². The lowest BCUT2D eigenvalue weighted by Gasteiger charge is -2.14. The van der Waals surface area contributed by atoms with Gasteiger partial charge in [0.25, 0.3) is 5.91 Å². The summed E-state index contributed by atoms with van der Waals surface area (Å²) >= 11 is 0. The fourth-order valence-electron chi connectivity index (χ4n) is 1.50. The van der Waals surface area contributed by atoms with E-state index in [2.05, 4.69) is 11.2 Å². The number of terminal acetylenes is 1. The zero-order valence-electron chi connectivity index (χ0n) is 10.1. The molecule has 0 spiro atoms. The van der Waals surface area contributed by atoms with Crippen molar-refractivity contribution in [2.75, 3.05) is 0 Å². The fourth-order valence-corrected chi connectivity index (χ4v) is 1.50. The minimum Gasteiger partial charge on any atom is -0.478 e. The van der Waals surface area contributed by atoms with Crippen LogP contribution in [0, 0.1) is 12.3 Å². The third-order valence-corrected chi connectivity index (χ3v) is 2.56. The maximum atomic E-state index is 11.9. The Morgan fingerprint density at radius 1 is 1.44 bits per heavy atom. The van der Waals surface area contributed by atoms with Crippen molar-refractivity contribution in [2.45, 2.75) is 25.8 Å². The van der Waals surface area contributed by atoms with Gasteiger partial charge >= 0.3 is 5.97 Å². The van der Waals surface area contributed by atoms with Crippen molar-refractivity contribution in [1.82, 2.24) is 5.32 Å². The highest BCUT2D eigenvalue weighted by Gasteiger charge is 2.12. The largest absolute Gasteiger partial charge is 0.478 e. The minimum atomic E-state index is -1.06. The smallest absolute Gasteiger partial charge is 0.335 e. The van der Waals surface area contributed by atoms with E-state index in [4.69, 9.17) is 11.5 Å². The summed E-state index contributed by atoms with van der Waals surface area (Å²) in [6, 6.07) is 5.82. The molecule has 1 rings (SSSR count). The van der Waals surface area contributed by atoms with E-state index in [0.717, 1.165) is 6.42 Å². The summed E-state index contributed by atoms with van der Waals surface area (Å²) in [4.78, 5) is 22.7. The number of hydrogen-bond donors (Lipinski definition) is 2. The molecule has 1 aromatic rings. The standard InChI is InChI=1S/C14H15NO3/c1-3-6-12(4-2)15-13(16)10-7-5-8-11(9-10)14(17)18/h1,5,7-9,12H,4,6H2,2H3,(H,15,16)(H,17,18). The molecule has 0 aromatic heterocycles. The molecular weight excluding hydrogens is 230 g/mol. The van der Waals surface area contributed by atoms with Gasteiger partial charge in [-0.15, -0.1) is 12.3 Å². The van der Waals surface area contributed by atoms with Crippen molar-refractivity contribution in [3.8, 4) is 12.3 Å². The van der Waals surface area contributed by atoms with Crippen LogP contribution in [0.2, 0.25) is 0 Å². The van der Waals surface area contributed by atoms with Gasteiger partial charge in [-0.25, -0.2) is 4.79 Å². The van der Waals surface area contributed by atoms with Gasteiger partial charge in [0.15, 0.2) is 0 Å². The summed E-state index contributed by atoms with van der Waals surface area (Å²) in [5.74, 6) is 1.14. The lowest BCUT2D eigenvalue weighted by Crippen LogP contribution is -2.34. The Morgan fingerprint density at radius 3 is 2.67 bits per heavy atom. The van der Waals surface area contributed by atoms with E-state index >= 15 is 0 Å². The first-order valence-electron chi connectivity index (χ1n) is 5.66. The average Bonchev–Trinajstić information content (AvgIpc) is 2.38. The van der Waals surface area contributed by atoms with E-state index in [1.165, 1.54) is 12.1 Å². The Labute approximate surface area is 106 Å². The monoisotopic (exact) mass is 245 g/mol. The fraction of sp³-hybridized carbons (Fsp3) is 0.286. The van der Waals surface area contributed by atoms with E-state index in [-0.39, 0.29) is 17.5 Å². The Bertz CT molecular complexity index is 488. The predicted octanol–water partition coefficient (Wildman–Crippen LogP) is 1.92. The minimum absolute atomic E-state index is 0.0871. The Balaban J connectivity index is 2.81. The Kier molecular flexibility index (Phi) is 4.94. The third-order valence-electron chi connectivity index (χ3n) is 2.56. The van der Waals surface area contributed by atoms with Crippen LogP contribution in [-0.2, 0) is 0 Å². The molecule has 2 N–H and O–H groups in total. The normalized spacial score (nSPS) is 11.3. The van der Waals surface area contributed by atoms with Crippen molar-refractivity contribution < 1.29 is 14.7 Å². The van der Waals surface area contributed by atoms with Gasteiger partial charge < -0.3 is 10.4 Å². The second-order valence-corrected chi connectivity index (χ2v) is 3.87. The molecule has 0 aliphatic heterocycles. The number of rotatable bonds is 5. The molecule has 1 aromatic carbocycles. The topological polar surface area (TPSA) is 66.4 Å². The molecule has 4 heteroatoms. The highest BCUT2D eigenvalue weighted by molar-refractivity contribution is 5.97. The zero-order chi connectivity index (χ0) is 13.5. The first kappa shape index (κ1) is 13.8. The van der Waals surface area contributed by atoms with E-state index in [0.29, 0.717) is 12.0 Å². The number of carboxylic acids is 1. The van der Waals surface area contributed by atoms with Gasteiger partial charge in [0, 0.05) is 18.0 Å². The molecule has 1 atom stereocenters. The number of nitrogens with one attached hydrogen (secondary N) is 1. The van der Waals surface area contributed by atoms with Crippen LogP contribution in [0.3, 0.4) is 0 Å². The van der Waals surface area contributed by atoms with Gasteiger partial charge in [0.1, 0.15) is 0 Å². The van der Waals surface area contributed by atoms with E-state index < -0.39 is 5.97 Å². The van der Waals surface area contributed by atoms with Crippen LogP contribution < -0.4 is 5.32 Å². The molecule has 1 unspecified atom stereocenters. The van der Waals surface area contributed by atoms with Gasteiger partial charge in [-0.05, 0) is 24.6 Å². The molecule has 0 bridgehead atoms. The number of carbonyl (C=O) groups excluding carboxylic acids is 1. The number of hydrogen-bond acceptors (Lipinski definition) is 2. The summed E-state index contributed by atoms with van der Waals surface area (Å²) in [5.41, 5.74) is 0.415. The molecule has 0 fully saturated rings. The molecular formula is C14H15NO3. The van der Waals surface area contributed by atoms with Crippen molar-refractivity contribution in [1.29, 1.82) is 0 Å². The van der Waals surface area contributed by atoms with Gasteiger partial charge in [-0.2, -0.15) is 0 Å². The van der Waals surface area contributed by atoms with E-state index in [1.807, 2.05) is 6.92 Å². The van der Waals surface area contributed by atoms with Crippen LogP contribution in [0.4, 0.5) is 0 Å². The second kappa shape index (κ2) is 6.45. The molecule has 94 valence electrons. The predicted molar refractivity (Wildman–Crippen MR) is 68.4 cm³/mol. The summed E-state index contributed by atoms with van der Waals surface area (Å²) in [6.45, 7) is 1.93. The van der Waals surface area contributed by atoms with Crippen molar-refractivity contribution in [3.63, 3.8) is 0 Å². The highest BCUT2D eigenvalue weighted by Crippen LogP contribution is 2.07. The summed E-state index contributed by atoms with van der Waals surface area (Å²) in [7, 11) is 0. The molecule has 18 heavy (non-hydrogen) atoms. The number of benzene rings is 1. The van der Waals surface area contributed by atoms with Gasteiger partial charge in [-0.3, -0.25) is 4.79 Å². The van der Waals surface area contributed by atoms with E-state index in [1.54, 1.807) is 12.1 Å². The SMILES string of the molecule is C#CCC(CC)NC(=O)c1cccc(C(=O)O)c1. The number of carbonyl (C=O) groups is 2. The maximum Gasteiger partial charge on any atom is 0.335 e. The first-order chi connectivity index (χ1) is 8.58. The van der Waals surface area contributed by atoms with Crippen molar-refractivity contribution in [2.24, 2.45) is 0 Å². The van der Waals surface area contributed by atoms with Crippen LogP contribution in [0.1, 0.15) is 40.5 Å². The number of carboxylic acid groups (broad SMARTS) is 1. The summed E-state index contributed by atoms with van der Waals surface area (Å²) in [6.07, 6.45) is 6.39. The molecule has 1 amide bonds. The molecule has 0 saturated heterocycles. The Hall–Kier alpha value is -2.28. The third kappa shape index (κ3) is 3.63. The van der Waals surface area contributed by atoms with E-state index in [9.17, 15) is 9.59 Å². The van der Waals surface area contributed by atoms with Crippen LogP contribution in [0.15, 0.2) is 24.3 Å². The van der Waals surface area contributed by atoms with Crippen LogP contribution >= 0.6 is 0 Å². The molecule has 4 nitrogen and oxygen atoms in total. The quantitative estimate of drug-likeness (QED) is 0.779. The average molecular weight is 245 g/mol. The molecule has 0 aliphatic carbocycles. The number of aromatic carboxylic acids is 1. The highest BCUT2D eigenvalue weighted by atomic mass is 16.4. The van der Waals surface area contributed by atoms with Crippen LogP contribution in [-0.4, -0.2) is 23.0 Å². The molecule has 0 heterocycles. The summed E-state index contributed by atoms with van der Waals surface area (Å²) in [5, 5.41) is 11.6. The first-order valence-corrected chi connectivity index (χ1v) is 5.66. The van der Waals surface area contributed by atoms with Gasteiger partial charge in [0.05, 0.1) is 5.56 Å². The number of amides is 1. The maximum absolute atomic E-state index is 11.9. The van der Waals surface area contributed by atoms with Crippen molar-refractivity contribution >= 4 is 11.9 Å². The van der Waals surface area contributed by atoms with Gasteiger partial charge in [0.2, 0.25) is 0 Å². The zero-order valence-corrected chi connectivity index (χ0v) is 10.1. The molecule has 0 aliphatic rings. The second-order valence-electron chi connectivity index (χ2n) is 3.87. The lowest BCUT2D eigenvalue weighted by molar-refractivity contribution is 0.0697. The van der Waals surface area contributed by atoms with Gasteiger partial charge in [-0.1, -0.05) is 13.0 Å². The molecule has 0 saturated carbocycles. The van der Waals surface area contributed by atoms with Crippen LogP contribution in [0.5, 0.6) is 0 Å². The summed E-state index contributed by atoms with van der Waals surface area (Å²) < 4.78 is 0. The lowest BCUT2D eigenvalue weighted by atomic mass is 10.1. The Morgan fingerprint density at radius 2 is 2.11 bits per heavy atom. The van der Waals surface area contributed by atoms with Crippen molar-refractivity contribution in [3.05, 3.63) is 35.4 Å². The molecule has 0 radical (unpaired) electrons.